The van der Waals surface area contributed by atoms with Crippen molar-refractivity contribution in [3.63, 3.8) is 0 Å². The van der Waals surface area contributed by atoms with Gasteiger partial charge in [0.25, 0.3) is 11.5 Å². The van der Waals surface area contributed by atoms with Gasteiger partial charge in [-0.2, -0.15) is 5.26 Å². The molecular weight excluding hydrogens is 420 g/mol. The van der Waals surface area contributed by atoms with Gasteiger partial charge in [0, 0.05) is 28.0 Å². The van der Waals surface area contributed by atoms with Crippen molar-refractivity contribution in [2.45, 2.75) is 0 Å². The molecular formula is C21H13ClN6O3. The number of anilines is 3. The van der Waals surface area contributed by atoms with Crippen LogP contribution in [0.3, 0.4) is 0 Å². The molecule has 10 heteroatoms. The van der Waals surface area contributed by atoms with Gasteiger partial charge in [-0.05, 0) is 36.4 Å². The predicted octanol–water partition coefficient (Wildman–Crippen LogP) is 3.95. The van der Waals surface area contributed by atoms with Gasteiger partial charge in [0.1, 0.15) is 11.6 Å². The SMILES string of the molecule is N#Cc1c(-c2cccc(NC(=O)c3ccno3)c2)nc(Nc2ccc(Cl)cc2)[nH]c1=O. The number of aromatic amines is 1. The molecule has 4 aromatic rings. The molecule has 9 nitrogen and oxygen atoms in total. The summed E-state index contributed by atoms with van der Waals surface area (Å²) >= 11 is 5.89. The summed E-state index contributed by atoms with van der Waals surface area (Å²) in [5.41, 5.74) is 0.962. The molecule has 4 rings (SSSR count). The molecule has 0 spiro atoms. The highest BCUT2D eigenvalue weighted by Crippen LogP contribution is 2.25. The van der Waals surface area contributed by atoms with Gasteiger partial charge in [-0.1, -0.05) is 28.9 Å². The molecule has 0 atom stereocenters. The van der Waals surface area contributed by atoms with E-state index >= 15 is 0 Å². The number of hydrogen-bond acceptors (Lipinski definition) is 7. The van der Waals surface area contributed by atoms with Crippen LogP contribution in [0, 0.1) is 11.3 Å². The maximum absolute atomic E-state index is 12.5. The third kappa shape index (κ3) is 4.44. The lowest BCUT2D eigenvalue weighted by Crippen LogP contribution is -2.16. The van der Waals surface area contributed by atoms with E-state index < -0.39 is 11.5 Å². The van der Waals surface area contributed by atoms with Gasteiger partial charge in [0.05, 0.1) is 11.9 Å². The standard InChI is InChI=1S/C21H13ClN6O3/c22-13-4-6-14(7-5-13)26-21-27-18(16(11-23)19(29)28-21)12-2-1-3-15(10-12)25-20(30)17-8-9-24-31-17/h1-10H,(H,25,30)(H2,26,27,28,29). The van der Waals surface area contributed by atoms with Crippen LogP contribution in [0.5, 0.6) is 0 Å². The highest BCUT2D eigenvalue weighted by atomic mass is 35.5. The zero-order valence-electron chi connectivity index (χ0n) is 15.7. The van der Waals surface area contributed by atoms with Crippen LogP contribution in [0.4, 0.5) is 17.3 Å². The van der Waals surface area contributed by atoms with E-state index in [0.29, 0.717) is 22.0 Å². The van der Waals surface area contributed by atoms with E-state index in [9.17, 15) is 14.9 Å². The molecule has 0 radical (unpaired) electrons. The number of aromatic nitrogens is 3. The maximum atomic E-state index is 12.5. The molecule has 0 unspecified atom stereocenters. The second-order valence-electron chi connectivity index (χ2n) is 6.29. The summed E-state index contributed by atoms with van der Waals surface area (Å²) in [5.74, 6) is -0.289. The lowest BCUT2D eigenvalue weighted by Gasteiger charge is -2.10. The average Bonchev–Trinajstić information content (AvgIpc) is 3.30. The van der Waals surface area contributed by atoms with Crippen molar-refractivity contribution < 1.29 is 9.32 Å². The normalized spacial score (nSPS) is 10.3. The lowest BCUT2D eigenvalue weighted by atomic mass is 10.1. The first-order chi connectivity index (χ1) is 15.0. The minimum atomic E-state index is -0.597. The molecule has 2 aromatic heterocycles. The molecule has 0 aliphatic rings. The summed E-state index contributed by atoms with van der Waals surface area (Å²) in [6, 6.07) is 16.7. The average molecular weight is 433 g/mol. The number of nitriles is 1. The first-order valence-corrected chi connectivity index (χ1v) is 9.31. The van der Waals surface area contributed by atoms with Crippen molar-refractivity contribution in [2.24, 2.45) is 0 Å². The van der Waals surface area contributed by atoms with Crippen molar-refractivity contribution in [3.05, 3.63) is 87.5 Å². The van der Waals surface area contributed by atoms with Gasteiger partial charge in [-0.3, -0.25) is 14.6 Å². The van der Waals surface area contributed by atoms with Crippen molar-refractivity contribution in [1.82, 2.24) is 15.1 Å². The van der Waals surface area contributed by atoms with Crippen LogP contribution in [0.1, 0.15) is 16.1 Å². The number of H-pyrrole nitrogens is 1. The fourth-order valence-electron chi connectivity index (χ4n) is 2.78. The van der Waals surface area contributed by atoms with Crippen LogP contribution < -0.4 is 16.2 Å². The van der Waals surface area contributed by atoms with Gasteiger partial charge in [0.2, 0.25) is 11.7 Å². The Kier molecular flexibility index (Phi) is 5.47. The largest absolute Gasteiger partial charge is 0.351 e. The van der Waals surface area contributed by atoms with Gasteiger partial charge in [-0.15, -0.1) is 0 Å². The van der Waals surface area contributed by atoms with Crippen molar-refractivity contribution in [2.75, 3.05) is 10.6 Å². The number of hydrogen-bond donors (Lipinski definition) is 3. The molecule has 3 N–H and O–H groups in total. The maximum Gasteiger partial charge on any atom is 0.294 e. The zero-order valence-corrected chi connectivity index (χ0v) is 16.5. The number of carbonyl (C=O) groups excluding carboxylic acids is 1. The molecule has 152 valence electrons. The molecule has 1 amide bonds. The van der Waals surface area contributed by atoms with Crippen LogP contribution in [-0.2, 0) is 0 Å². The van der Waals surface area contributed by atoms with E-state index in [1.807, 2.05) is 6.07 Å². The van der Waals surface area contributed by atoms with Crippen LogP contribution in [0.25, 0.3) is 11.3 Å². The van der Waals surface area contributed by atoms with Crippen LogP contribution in [0.2, 0.25) is 5.02 Å². The zero-order chi connectivity index (χ0) is 21.8. The predicted molar refractivity (Wildman–Crippen MR) is 114 cm³/mol. The first-order valence-electron chi connectivity index (χ1n) is 8.93. The Hall–Kier alpha value is -4.42. The van der Waals surface area contributed by atoms with Gasteiger partial charge in [0.15, 0.2) is 0 Å². The molecule has 2 heterocycles. The third-order valence-corrected chi connectivity index (χ3v) is 4.45. The summed E-state index contributed by atoms with van der Waals surface area (Å²) < 4.78 is 4.83. The van der Waals surface area contributed by atoms with Crippen LogP contribution in [-0.4, -0.2) is 21.0 Å². The van der Waals surface area contributed by atoms with E-state index in [2.05, 4.69) is 25.8 Å². The third-order valence-electron chi connectivity index (χ3n) is 4.19. The van der Waals surface area contributed by atoms with Crippen molar-refractivity contribution in [1.29, 1.82) is 5.26 Å². The number of amides is 1. The van der Waals surface area contributed by atoms with E-state index in [1.54, 1.807) is 48.5 Å². The van der Waals surface area contributed by atoms with Gasteiger partial charge in [-0.25, -0.2) is 4.98 Å². The quantitative estimate of drug-likeness (QED) is 0.434. The second-order valence-corrected chi connectivity index (χ2v) is 6.73. The number of halogens is 1. The Balaban J connectivity index is 1.69. The molecule has 0 saturated heterocycles. The number of rotatable bonds is 5. The Bertz CT molecular complexity index is 1340. The highest BCUT2D eigenvalue weighted by molar-refractivity contribution is 6.30. The Morgan fingerprint density at radius 2 is 1.94 bits per heavy atom. The number of carbonyl (C=O) groups is 1. The van der Waals surface area contributed by atoms with E-state index in [0.717, 1.165) is 0 Å². The Morgan fingerprint density at radius 3 is 2.65 bits per heavy atom. The smallest absolute Gasteiger partial charge is 0.294 e. The highest BCUT2D eigenvalue weighted by Gasteiger charge is 2.15. The van der Waals surface area contributed by atoms with Crippen LogP contribution >= 0.6 is 11.6 Å². The van der Waals surface area contributed by atoms with Crippen molar-refractivity contribution >= 4 is 34.8 Å². The summed E-state index contributed by atoms with van der Waals surface area (Å²) in [6.45, 7) is 0. The Morgan fingerprint density at radius 1 is 1.13 bits per heavy atom. The summed E-state index contributed by atoms with van der Waals surface area (Å²) in [4.78, 5) is 31.6. The molecule has 31 heavy (non-hydrogen) atoms. The monoisotopic (exact) mass is 432 g/mol. The van der Waals surface area contributed by atoms with E-state index in [-0.39, 0.29) is 23.0 Å². The fraction of sp³-hybridized carbons (Fsp3) is 0. The van der Waals surface area contributed by atoms with E-state index in [4.69, 9.17) is 16.1 Å². The number of nitrogens with zero attached hydrogens (tertiary/aromatic N) is 3. The summed E-state index contributed by atoms with van der Waals surface area (Å²) in [6.07, 6.45) is 1.36. The molecule has 0 fully saturated rings. The molecule has 0 aliphatic carbocycles. The van der Waals surface area contributed by atoms with E-state index in [1.165, 1.54) is 12.3 Å². The number of nitrogens with one attached hydrogen (secondary N) is 3. The molecule has 0 saturated carbocycles. The van der Waals surface area contributed by atoms with Crippen molar-refractivity contribution in [3.8, 4) is 17.3 Å². The fourth-order valence-corrected chi connectivity index (χ4v) is 2.91. The molecule has 0 bridgehead atoms. The van der Waals surface area contributed by atoms with Gasteiger partial charge < -0.3 is 15.2 Å². The minimum Gasteiger partial charge on any atom is -0.351 e. The topological polar surface area (TPSA) is 137 Å². The first kappa shape index (κ1) is 19.9. The molecule has 2 aromatic carbocycles. The minimum absolute atomic E-state index is 0.0480. The van der Waals surface area contributed by atoms with Crippen LogP contribution in [0.15, 0.2) is 70.1 Å². The lowest BCUT2D eigenvalue weighted by molar-refractivity contribution is 0.0988. The summed E-state index contributed by atoms with van der Waals surface area (Å²) in [5, 5.41) is 19.2. The van der Waals surface area contributed by atoms with Gasteiger partial charge >= 0.3 is 0 Å². The number of benzene rings is 2. The Labute approximate surface area is 180 Å². The molecule has 0 aliphatic heterocycles. The summed E-state index contributed by atoms with van der Waals surface area (Å²) in [7, 11) is 0. The second kappa shape index (κ2) is 8.52.